The molecule has 0 saturated carbocycles. The number of fused-ring (bicyclic) bond motifs is 1. The number of ketones is 1. The van der Waals surface area contributed by atoms with Crippen LogP contribution >= 0.6 is 11.6 Å². The molecule has 0 amide bonds. The highest BCUT2D eigenvalue weighted by molar-refractivity contribution is 6.29. The number of ether oxygens (including phenoxy) is 1. The van der Waals surface area contributed by atoms with Crippen molar-refractivity contribution in [2.45, 2.75) is 0 Å². The van der Waals surface area contributed by atoms with Gasteiger partial charge in [0.1, 0.15) is 5.75 Å². The van der Waals surface area contributed by atoms with Crippen molar-refractivity contribution in [2.24, 2.45) is 0 Å². The van der Waals surface area contributed by atoms with Crippen LogP contribution in [-0.2, 0) is 4.79 Å². The Kier molecular flexibility index (Phi) is 4.00. The van der Waals surface area contributed by atoms with Gasteiger partial charge in [-0.05, 0) is 40.6 Å². The van der Waals surface area contributed by atoms with E-state index >= 15 is 0 Å². The number of halogens is 1. The molecule has 2 aromatic carbocycles. The van der Waals surface area contributed by atoms with E-state index in [1.807, 2.05) is 36.4 Å². The van der Waals surface area contributed by atoms with Crippen molar-refractivity contribution < 1.29 is 9.53 Å². The van der Waals surface area contributed by atoms with Crippen molar-refractivity contribution in [2.75, 3.05) is 13.0 Å². The molecule has 0 spiro atoms. The summed E-state index contributed by atoms with van der Waals surface area (Å²) in [6.45, 7) is 0. The molecule has 0 bridgehead atoms. The maximum atomic E-state index is 11.1. The second-order valence-electron chi connectivity index (χ2n) is 3.91. The van der Waals surface area contributed by atoms with E-state index in [0.29, 0.717) is 0 Å². The van der Waals surface area contributed by atoms with Crippen molar-refractivity contribution in [3.8, 4) is 5.75 Å². The lowest BCUT2D eigenvalue weighted by Gasteiger charge is -2.03. The van der Waals surface area contributed by atoms with Gasteiger partial charge in [-0.2, -0.15) is 0 Å². The number of hydrogen-bond acceptors (Lipinski definition) is 2. The minimum absolute atomic E-state index is 0.0152. The van der Waals surface area contributed by atoms with Crippen LogP contribution in [0.15, 0.2) is 42.5 Å². The normalized spacial score (nSPS) is 11.0. The first-order valence-corrected chi connectivity index (χ1v) is 6.11. The molecule has 0 aliphatic rings. The van der Waals surface area contributed by atoms with Gasteiger partial charge < -0.3 is 4.74 Å². The Hall–Kier alpha value is -1.80. The summed E-state index contributed by atoms with van der Waals surface area (Å²) in [5, 5.41) is 2.21. The quantitative estimate of drug-likeness (QED) is 0.619. The third kappa shape index (κ3) is 2.90. The fraction of sp³-hybridized carbons (Fsp3) is 0.133. The topological polar surface area (TPSA) is 26.3 Å². The summed E-state index contributed by atoms with van der Waals surface area (Å²) in [5.74, 6) is 0.760. The highest BCUT2D eigenvalue weighted by Gasteiger charge is 1.98. The van der Waals surface area contributed by atoms with Gasteiger partial charge in [0.25, 0.3) is 0 Å². The minimum Gasteiger partial charge on any atom is -0.497 e. The fourth-order valence-corrected chi connectivity index (χ4v) is 1.80. The van der Waals surface area contributed by atoms with E-state index in [2.05, 4.69) is 0 Å². The number of carbonyl (C=O) groups is 1. The molecule has 0 saturated heterocycles. The summed E-state index contributed by atoms with van der Waals surface area (Å²) < 4.78 is 5.17. The standard InChI is InChI=1S/C15H13ClO2/c1-18-15-7-5-12-8-11(2-4-13(12)9-15)3-6-14(17)10-16/h2-9H,10H2,1H3. The molecule has 0 atom stereocenters. The van der Waals surface area contributed by atoms with Crippen LogP contribution in [0.3, 0.4) is 0 Å². The second-order valence-corrected chi connectivity index (χ2v) is 4.17. The third-order valence-corrected chi connectivity index (χ3v) is 2.93. The molecule has 0 fully saturated rings. The Labute approximate surface area is 111 Å². The molecule has 0 aliphatic carbocycles. The number of benzene rings is 2. The molecular formula is C15H13ClO2. The Balaban J connectivity index is 2.33. The van der Waals surface area contributed by atoms with E-state index in [-0.39, 0.29) is 11.7 Å². The number of hydrogen-bond donors (Lipinski definition) is 0. The molecule has 0 aliphatic heterocycles. The van der Waals surface area contributed by atoms with Gasteiger partial charge in [-0.15, -0.1) is 11.6 Å². The zero-order valence-corrected chi connectivity index (χ0v) is 10.8. The first-order valence-electron chi connectivity index (χ1n) is 5.57. The molecule has 0 N–H and O–H groups in total. The zero-order valence-electron chi connectivity index (χ0n) is 10.0. The lowest BCUT2D eigenvalue weighted by atomic mass is 10.1. The van der Waals surface area contributed by atoms with Gasteiger partial charge >= 0.3 is 0 Å². The van der Waals surface area contributed by atoms with Crippen LogP contribution in [0.2, 0.25) is 0 Å². The van der Waals surface area contributed by atoms with Gasteiger partial charge in [-0.25, -0.2) is 0 Å². The van der Waals surface area contributed by atoms with Crippen molar-refractivity contribution in [3.05, 3.63) is 48.0 Å². The van der Waals surface area contributed by atoms with E-state index in [0.717, 1.165) is 22.1 Å². The first kappa shape index (κ1) is 12.7. The summed E-state index contributed by atoms with van der Waals surface area (Å²) in [5.41, 5.74) is 0.978. The molecule has 0 aromatic heterocycles. The fourth-order valence-electron chi connectivity index (χ4n) is 1.71. The molecule has 2 rings (SSSR count). The van der Waals surface area contributed by atoms with Gasteiger partial charge in [0.2, 0.25) is 0 Å². The molecule has 3 heteroatoms. The Morgan fingerprint density at radius 1 is 1.22 bits per heavy atom. The largest absolute Gasteiger partial charge is 0.497 e. The van der Waals surface area contributed by atoms with Crippen molar-refractivity contribution in [1.82, 2.24) is 0 Å². The molecule has 0 heterocycles. The first-order chi connectivity index (χ1) is 8.72. The summed E-state index contributed by atoms with van der Waals surface area (Å²) in [4.78, 5) is 11.1. The van der Waals surface area contributed by atoms with E-state index in [1.54, 1.807) is 13.2 Å². The van der Waals surface area contributed by atoms with Crippen molar-refractivity contribution in [1.29, 1.82) is 0 Å². The molecule has 0 unspecified atom stereocenters. The Morgan fingerprint density at radius 2 is 1.94 bits per heavy atom. The smallest absolute Gasteiger partial charge is 0.170 e. The average Bonchev–Trinajstić information content (AvgIpc) is 2.43. The molecule has 2 nitrogen and oxygen atoms in total. The monoisotopic (exact) mass is 260 g/mol. The van der Waals surface area contributed by atoms with Gasteiger partial charge in [0.15, 0.2) is 5.78 Å². The molecule has 92 valence electrons. The van der Waals surface area contributed by atoms with Crippen LogP contribution in [0.5, 0.6) is 5.75 Å². The van der Waals surface area contributed by atoms with Gasteiger partial charge in [-0.1, -0.05) is 24.3 Å². The number of methoxy groups -OCH3 is 1. The summed E-state index contributed by atoms with van der Waals surface area (Å²) in [7, 11) is 1.65. The summed E-state index contributed by atoms with van der Waals surface area (Å²) in [6.07, 6.45) is 3.27. The zero-order chi connectivity index (χ0) is 13.0. The van der Waals surface area contributed by atoms with Crippen molar-refractivity contribution in [3.63, 3.8) is 0 Å². The predicted molar refractivity (Wildman–Crippen MR) is 75.3 cm³/mol. The van der Waals surface area contributed by atoms with Gasteiger partial charge in [0.05, 0.1) is 13.0 Å². The number of alkyl halides is 1. The maximum absolute atomic E-state index is 11.1. The average molecular weight is 261 g/mol. The lowest BCUT2D eigenvalue weighted by molar-refractivity contribution is -0.112. The number of rotatable bonds is 4. The van der Waals surface area contributed by atoms with Gasteiger partial charge in [0, 0.05) is 0 Å². The number of carbonyl (C=O) groups excluding carboxylic acids is 1. The Bertz CT molecular complexity index is 602. The SMILES string of the molecule is COc1ccc2cc(C=CC(=O)CCl)ccc2c1. The van der Waals surface area contributed by atoms with Crippen LogP contribution < -0.4 is 4.74 Å². The number of allylic oxidation sites excluding steroid dienone is 1. The van der Waals surface area contributed by atoms with E-state index in [4.69, 9.17) is 16.3 Å². The lowest BCUT2D eigenvalue weighted by Crippen LogP contribution is -1.91. The molecule has 18 heavy (non-hydrogen) atoms. The van der Waals surface area contributed by atoms with Crippen molar-refractivity contribution >= 4 is 34.2 Å². The summed E-state index contributed by atoms with van der Waals surface area (Å²) >= 11 is 5.43. The molecule has 2 aromatic rings. The van der Waals surface area contributed by atoms with E-state index < -0.39 is 0 Å². The highest BCUT2D eigenvalue weighted by Crippen LogP contribution is 2.22. The summed E-state index contributed by atoms with van der Waals surface area (Å²) in [6, 6.07) is 11.9. The van der Waals surface area contributed by atoms with E-state index in [9.17, 15) is 4.79 Å². The second kappa shape index (κ2) is 5.69. The van der Waals surface area contributed by atoms with Crippen LogP contribution in [0, 0.1) is 0 Å². The van der Waals surface area contributed by atoms with Crippen LogP contribution in [0.25, 0.3) is 16.8 Å². The minimum atomic E-state index is -0.0912. The van der Waals surface area contributed by atoms with Crippen LogP contribution in [0.4, 0.5) is 0 Å². The maximum Gasteiger partial charge on any atom is 0.170 e. The van der Waals surface area contributed by atoms with Crippen LogP contribution in [0.1, 0.15) is 5.56 Å². The molecule has 0 radical (unpaired) electrons. The Morgan fingerprint density at radius 3 is 2.67 bits per heavy atom. The van der Waals surface area contributed by atoms with Crippen LogP contribution in [-0.4, -0.2) is 18.8 Å². The highest BCUT2D eigenvalue weighted by atomic mass is 35.5. The third-order valence-electron chi connectivity index (χ3n) is 2.66. The molecular weight excluding hydrogens is 248 g/mol. The van der Waals surface area contributed by atoms with Gasteiger partial charge in [-0.3, -0.25) is 4.79 Å². The van der Waals surface area contributed by atoms with E-state index in [1.165, 1.54) is 6.08 Å². The predicted octanol–water partition coefficient (Wildman–Crippen LogP) is 3.67.